The lowest BCUT2D eigenvalue weighted by molar-refractivity contribution is -0.146. The number of rotatable bonds is 8. The number of esters is 1. The van der Waals surface area contributed by atoms with Crippen molar-refractivity contribution in [3.05, 3.63) is 108 Å². The Morgan fingerprint density at radius 3 is 2.16 bits per heavy atom. The van der Waals surface area contributed by atoms with Crippen molar-refractivity contribution in [3.63, 3.8) is 0 Å². The van der Waals surface area contributed by atoms with Gasteiger partial charge in [-0.2, -0.15) is 0 Å². The number of hydrogen-bond donors (Lipinski definition) is 1. The van der Waals surface area contributed by atoms with Gasteiger partial charge in [-0.15, -0.1) is 10.2 Å². The summed E-state index contributed by atoms with van der Waals surface area (Å²) in [6.45, 7) is -0.146. The van der Waals surface area contributed by atoms with Crippen LogP contribution in [-0.2, 0) is 16.1 Å². The van der Waals surface area contributed by atoms with Crippen LogP contribution >= 0.6 is 0 Å². The van der Waals surface area contributed by atoms with E-state index in [2.05, 4.69) is 15.5 Å². The van der Waals surface area contributed by atoms with E-state index in [0.717, 1.165) is 11.1 Å². The maximum atomic E-state index is 12.6. The molecule has 0 fully saturated rings. The van der Waals surface area contributed by atoms with E-state index in [1.165, 1.54) is 0 Å². The molecule has 4 rings (SSSR count). The Balaban J connectivity index is 1.39. The molecule has 0 spiro atoms. The summed E-state index contributed by atoms with van der Waals surface area (Å²) in [5, 5.41) is 10.8. The van der Waals surface area contributed by atoms with E-state index in [-0.39, 0.29) is 24.8 Å². The molecule has 7 heteroatoms. The summed E-state index contributed by atoms with van der Waals surface area (Å²) in [4.78, 5) is 25.2. The van der Waals surface area contributed by atoms with Crippen molar-refractivity contribution in [1.29, 1.82) is 0 Å². The first-order valence-corrected chi connectivity index (χ1v) is 10.1. The average molecular weight is 427 g/mol. The van der Waals surface area contributed by atoms with Gasteiger partial charge in [-0.3, -0.25) is 9.59 Å². The molecule has 32 heavy (non-hydrogen) atoms. The van der Waals surface area contributed by atoms with E-state index in [1.54, 1.807) is 24.3 Å². The average Bonchev–Trinajstić information content (AvgIpc) is 3.33. The Morgan fingerprint density at radius 2 is 1.47 bits per heavy atom. The third-order valence-electron chi connectivity index (χ3n) is 4.76. The molecule has 0 saturated heterocycles. The maximum Gasteiger partial charge on any atom is 0.308 e. The van der Waals surface area contributed by atoms with Crippen LogP contribution in [0.1, 0.15) is 34.3 Å². The van der Waals surface area contributed by atoms with Crippen LogP contribution in [0.2, 0.25) is 0 Å². The zero-order valence-electron chi connectivity index (χ0n) is 17.2. The van der Waals surface area contributed by atoms with Crippen molar-refractivity contribution < 1.29 is 18.7 Å². The van der Waals surface area contributed by atoms with Gasteiger partial charge in [-0.25, -0.2) is 0 Å². The first-order chi connectivity index (χ1) is 15.7. The number of amides is 1. The molecule has 1 unspecified atom stereocenters. The number of aromatic nitrogens is 2. The summed E-state index contributed by atoms with van der Waals surface area (Å²) in [5.41, 5.74) is 2.10. The molecule has 3 aromatic carbocycles. The molecule has 1 amide bonds. The second-order valence-electron chi connectivity index (χ2n) is 7.03. The lowest BCUT2D eigenvalue weighted by Gasteiger charge is -2.18. The van der Waals surface area contributed by atoms with Crippen molar-refractivity contribution in [2.75, 3.05) is 0 Å². The highest BCUT2D eigenvalue weighted by Gasteiger charge is 2.21. The van der Waals surface area contributed by atoms with E-state index in [4.69, 9.17) is 9.15 Å². The van der Waals surface area contributed by atoms with Gasteiger partial charge in [0.1, 0.15) is 0 Å². The minimum Gasteiger partial charge on any atom is -0.456 e. The molecule has 0 aliphatic rings. The molecule has 0 aliphatic carbocycles. The smallest absolute Gasteiger partial charge is 0.308 e. The van der Waals surface area contributed by atoms with Crippen LogP contribution in [0.5, 0.6) is 0 Å². The molecule has 0 saturated carbocycles. The Kier molecular flexibility index (Phi) is 6.67. The monoisotopic (exact) mass is 427 g/mol. The van der Waals surface area contributed by atoms with Crippen LogP contribution in [0.3, 0.4) is 0 Å². The largest absolute Gasteiger partial charge is 0.456 e. The second-order valence-corrected chi connectivity index (χ2v) is 7.03. The predicted molar refractivity (Wildman–Crippen MR) is 117 cm³/mol. The maximum absolute atomic E-state index is 12.6. The van der Waals surface area contributed by atoms with Gasteiger partial charge in [0, 0.05) is 11.1 Å². The Morgan fingerprint density at radius 1 is 0.844 bits per heavy atom. The van der Waals surface area contributed by atoms with Gasteiger partial charge in [0.25, 0.3) is 11.8 Å². The van der Waals surface area contributed by atoms with E-state index in [1.807, 2.05) is 66.7 Å². The molecule has 0 radical (unpaired) electrons. The summed E-state index contributed by atoms with van der Waals surface area (Å²) in [5.74, 6) is -0.209. The SMILES string of the molecule is O=C(CC(NC(=O)c1ccccc1)c1ccccc1)OCc1nnc(-c2ccccc2)o1. The van der Waals surface area contributed by atoms with E-state index < -0.39 is 12.0 Å². The van der Waals surface area contributed by atoms with Gasteiger partial charge in [-0.05, 0) is 29.8 Å². The van der Waals surface area contributed by atoms with Crippen LogP contribution in [0, 0.1) is 0 Å². The third-order valence-corrected chi connectivity index (χ3v) is 4.76. The number of nitrogens with zero attached hydrogens (tertiary/aromatic N) is 2. The molecule has 1 heterocycles. The number of nitrogens with one attached hydrogen (secondary N) is 1. The normalized spacial score (nSPS) is 11.5. The molecular formula is C25H21N3O4. The van der Waals surface area contributed by atoms with Crippen molar-refractivity contribution in [2.24, 2.45) is 0 Å². The number of carbonyl (C=O) groups excluding carboxylic acids is 2. The molecule has 160 valence electrons. The lowest BCUT2D eigenvalue weighted by atomic mass is 10.0. The number of hydrogen-bond acceptors (Lipinski definition) is 6. The minimum absolute atomic E-state index is 0.0394. The van der Waals surface area contributed by atoms with Gasteiger partial charge in [-0.1, -0.05) is 66.7 Å². The molecule has 0 aliphatic heterocycles. The highest BCUT2D eigenvalue weighted by Crippen LogP contribution is 2.20. The topological polar surface area (TPSA) is 94.3 Å². The molecule has 4 aromatic rings. The Hall–Kier alpha value is -4.26. The van der Waals surface area contributed by atoms with Crippen molar-refractivity contribution in [2.45, 2.75) is 19.1 Å². The van der Waals surface area contributed by atoms with E-state index in [9.17, 15) is 9.59 Å². The Bertz CT molecular complexity index is 1160. The molecule has 7 nitrogen and oxygen atoms in total. The van der Waals surface area contributed by atoms with Crippen LogP contribution < -0.4 is 5.32 Å². The fraction of sp³-hybridized carbons (Fsp3) is 0.120. The summed E-state index contributed by atoms with van der Waals surface area (Å²) >= 11 is 0. The number of ether oxygens (including phenoxy) is 1. The quantitative estimate of drug-likeness (QED) is 0.420. The highest BCUT2D eigenvalue weighted by atomic mass is 16.5. The van der Waals surface area contributed by atoms with Gasteiger partial charge in [0.15, 0.2) is 6.61 Å². The van der Waals surface area contributed by atoms with Crippen LogP contribution in [0.15, 0.2) is 95.4 Å². The van der Waals surface area contributed by atoms with E-state index in [0.29, 0.717) is 11.5 Å². The Labute approximate surface area is 185 Å². The van der Waals surface area contributed by atoms with Crippen molar-refractivity contribution in [3.8, 4) is 11.5 Å². The van der Waals surface area contributed by atoms with Crippen LogP contribution in [-0.4, -0.2) is 22.1 Å². The molecule has 1 atom stereocenters. The second kappa shape index (κ2) is 10.2. The van der Waals surface area contributed by atoms with Crippen molar-refractivity contribution >= 4 is 11.9 Å². The zero-order chi connectivity index (χ0) is 22.2. The van der Waals surface area contributed by atoms with Crippen LogP contribution in [0.25, 0.3) is 11.5 Å². The zero-order valence-corrected chi connectivity index (χ0v) is 17.2. The predicted octanol–water partition coefficient (Wildman–Crippen LogP) is 4.34. The number of benzene rings is 3. The first-order valence-electron chi connectivity index (χ1n) is 10.1. The number of carbonyl (C=O) groups is 2. The highest BCUT2D eigenvalue weighted by molar-refractivity contribution is 5.94. The van der Waals surface area contributed by atoms with Crippen molar-refractivity contribution in [1.82, 2.24) is 15.5 Å². The minimum atomic E-state index is -0.543. The molecular weight excluding hydrogens is 406 g/mol. The summed E-state index contributed by atoms with van der Waals surface area (Å²) < 4.78 is 10.9. The van der Waals surface area contributed by atoms with Gasteiger partial charge < -0.3 is 14.5 Å². The fourth-order valence-electron chi connectivity index (χ4n) is 3.15. The molecule has 1 aromatic heterocycles. The van der Waals surface area contributed by atoms with Gasteiger partial charge >= 0.3 is 5.97 Å². The standard InChI is InChI=1S/C25H21N3O4/c29-23(31-17-22-27-28-25(32-22)20-14-8-3-9-15-20)16-21(18-10-4-1-5-11-18)26-24(30)19-12-6-2-7-13-19/h1-15,21H,16-17H2,(H,26,30). The van der Waals surface area contributed by atoms with Gasteiger partial charge in [0.2, 0.25) is 5.89 Å². The first kappa shape index (κ1) is 21.0. The third kappa shape index (κ3) is 5.46. The summed E-state index contributed by atoms with van der Waals surface area (Å²) in [7, 11) is 0. The summed E-state index contributed by atoms with van der Waals surface area (Å²) in [6, 6.07) is 26.9. The lowest BCUT2D eigenvalue weighted by Crippen LogP contribution is -2.30. The van der Waals surface area contributed by atoms with Crippen LogP contribution in [0.4, 0.5) is 0 Å². The van der Waals surface area contributed by atoms with Gasteiger partial charge in [0.05, 0.1) is 12.5 Å². The van der Waals surface area contributed by atoms with E-state index >= 15 is 0 Å². The fourth-order valence-corrected chi connectivity index (χ4v) is 3.15. The molecule has 0 bridgehead atoms. The molecule has 1 N–H and O–H groups in total. The summed E-state index contributed by atoms with van der Waals surface area (Å²) in [6.07, 6.45) is -0.0394.